The molecule has 1 atom stereocenters. The molecule has 0 bridgehead atoms. The van der Waals surface area contributed by atoms with Crippen LogP contribution in [0.15, 0.2) is 12.1 Å². The summed E-state index contributed by atoms with van der Waals surface area (Å²) in [6.45, 7) is 14.0. The van der Waals surface area contributed by atoms with E-state index in [-0.39, 0.29) is 6.04 Å². The smallest absolute Gasteiger partial charge is 0.123 e. The van der Waals surface area contributed by atoms with Crippen molar-refractivity contribution in [1.82, 2.24) is 0 Å². The van der Waals surface area contributed by atoms with Crippen LogP contribution in [0.4, 0.5) is 0 Å². The molecule has 1 aromatic rings. The number of benzene rings is 1. The standard InChI is InChI=1S/C19H33NO/c1-7-18(20)17-12-16(14(4)5)19(11-15(17)6)21-10-8-9-13(2)3/h11-14,18H,7-10,20H2,1-6H3. The molecule has 0 aliphatic heterocycles. The molecule has 1 rings (SSSR count). The molecule has 0 amide bonds. The van der Waals surface area contributed by atoms with Crippen LogP contribution in [0.5, 0.6) is 5.75 Å². The number of ether oxygens (including phenoxy) is 1. The van der Waals surface area contributed by atoms with Crippen LogP contribution in [0.1, 0.15) is 82.5 Å². The van der Waals surface area contributed by atoms with Crippen LogP contribution >= 0.6 is 0 Å². The molecule has 0 aliphatic rings. The third-order valence-corrected chi connectivity index (χ3v) is 4.04. The minimum atomic E-state index is 0.123. The molecule has 0 saturated carbocycles. The second kappa shape index (κ2) is 8.43. The molecular weight excluding hydrogens is 258 g/mol. The van der Waals surface area contributed by atoms with Crippen LogP contribution in [0.25, 0.3) is 0 Å². The summed E-state index contributed by atoms with van der Waals surface area (Å²) in [5.41, 5.74) is 10.0. The summed E-state index contributed by atoms with van der Waals surface area (Å²) in [5, 5.41) is 0. The molecule has 0 saturated heterocycles. The van der Waals surface area contributed by atoms with E-state index in [1.54, 1.807) is 0 Å². The van der Waals surface area contributed by atoms with E-state index in [0.29, 0.717) is 5.92 Å². The predicted molar refractivity (Wildman–Crippen MR) is 92.1 cm³/mol. The van der Waals surface area contributed by atoms with E-state index in [9.17, 15) is 0 Å². The van der Waals surface area contributed by atoms with Gasteiger partial charge in [-0.25, -0.2) is 0 Å². The molecule has 2 heteroatoms. The van der Waals surface area contributed by atoms with Crippen molar-refractivity contribution < 1.29 is 4.74 Å². The van der Waals surface area contributed by atoms with Crippen LogP contribution in [0.3, 0.4) is 0 Å². The second-order valence-corrected chi connectivity index (χ2v) is 6.80. The van der Waals surface area contributed by atoms with Crippen LogP contribution < -0.4 is 10.5 Å². The van der Waals surface area contributed by atoms with Gasteiger partial charge in [-0.1, -0.05) is 40.7 Å². The van der Waals surface area contributed by atoms with Crippen molar-refractivity contribution in [3.8, 4) is 5.75 Å². The molecule has 0 spiro atoms. The summed E-state index contributed by atoms with van der Waals surface area (Å²) in [6, 6.07) is 4.55. The molecule has 0 aliphatic carbocycles. The number of rotatable bonds is 8. The number of nitrogens with two attached hydrogens (primary N) is 1. The first-order valence-electron chi connectivity index (χ1n) is 8.39. The molecule has 21 heavy (non-hydrogen) atoms. The lowest BCUT2D eigenvalue weighted by molar-refractivity contribution is 0.293. The van der Waals surface area contributed by atoms with Crippen molar-refractivity contribution in [1.29, 1.82) is 0 Å². The first kappa shape index (κ1) is 18.0. The largest absolute Gasteiger partial charge is 0.493 e. The molecule has 0 aromatic heterocycles. The predicted octanol–water partition coefficient (Wildman–Crippen LogP) is 5.34. The van der Waals surface area contributed by atoms with Gasteiger partial charge in [-0.2, -0.15) is 0 Å². The highest BCUT2D eigenvalue weighted by Gasteiger charge is 2.15. The second-order valence-electron chi connectivity index (χ2n) is 6.80. The Kier molecular flexibility index (Phi) is 7.24. The van der Waals surface area contributed by atoms with Crippen LogP contribution in [0.2, 0.25) is 0 Å². The third-order valence-electron chi connectivity index (χ3n) is 4.04. The molecule has 2 N–H and O–H groups in total. The van der Waals surface area contributed by atoms with Crippen molar-refractivity contribution in [2.24, 2.45) is 11.7 Å². The zero-order valence-electron chi connectivity index (χ0n) is 14.7. The maximum Gasteiger partial charge on any atom is 0.123 e. The highest BCUT2D eigenvalue weighted by Crippen LogP contribution is 2.32. The average molecular weight is 291 g/mol. The fraction of sp³-hybridized carbons (Fsp3) is 0.684. The summed E-state index contributed by atoms with van der Waals surface area (Å²) in [6.07, 6.45) is 3.30. The summed E-state index contributed by atoms with van der Waals surface area (Å²) in [4.78, 5) is 0. The Bertz CT molecular complexity index is 437. The molecule has 2 nitrogen and oxygen atoms in total. The lowest BCUT2D eigenvalue weighted by Gasteiger charge is -2.20. The van der Waals surface area contributed by atoms with Gasteiger partial charge in [0.05, 0.1) is 6.61 Å². The van der Waals surface area contributed by atoms with Gasteiger partial charge in [-0.3, -0.25) is 0 Å². The fourth-order valence-electron chi connectivity index (χ4n) is 2.59. The molecule has 120 valence electrons. The Labute approximate surface area is 131 Å². The van der Waals surface area contributed by atoms with E-state index in [0.717, 1.165) is 31.1 Å². The third kappa shape index (κ3) is 5.35. The Hall–Kier alpha value is -1.02. The normalized spacial score (nSPS) is 13.0. The summed E-state index contributed by atoms with van der Waals surface area (Å²) >= 11 is 0. The molecule has 0 heterocycles. The van der Waals surface area contributed by atoms with Crippen LogP contribution in [0, 0.1) is 12.8 Å². The highest BCUT2D eigenvalue weighted by molar-refractivity contribution is 5.45. The molecule has 0 radical (unpaired) electrons. The first-order valence-corrected chi connectivity index (χ1v) is 8.39. The summed E-state index contributed by atoms with van der Waals surface area (Å²) in [5.74, 6) is 2.23. The van der Waals surface area contributed by atoms with E-state index in [1.807, 2.05) is 0 Å². The number of hydrogen-bond donors (Lipinski definition) is 1. The van der Waals surface area contributed by atoms with E-state index < -0.39 is 0 Å². The van der Waals surface area contributed by atoms with Crippen molar-refractivity contribution in [2.75, 3.05) is 6.61 Å². The van der Waals surface area contributed by atoms with Gasteiger partial charge in [0.25, 0.3) is 0 Å². The monoisotopic (exact) mass is 291 g/mol. The Balaban J connectivity index is 2.90. The minimum Gasteiger partial charge on any atom is -0.493 e. The Morgan fingerprint density at radius 2 is 1.76 bits per heavy atom. The van der Waals surface area contributed by atoms with Gasteiger partial charge in [0, 0.05) is 6.04 Å². The van der Waals surface area contributed by atoms with Crippen LogP contribution in [-0.2, 0) is 0 Å². The van der Waals surface area contributed by atoms with E-state index in [4.69, 9.17) is 10.5 Å². The maximum atomic E-state index is 6.23. The van der Waals surface area contributed by atoms with Gasteiger partial charge in [0.2, 0.25) is 0 Å². The SMILES string of the molecule is CCC(N)c1cc(C(C)C)c(OCCCC(C)C)cc1C. The van der Waals surface area contributed by atoms with Crippen molar-refractivity contribution in [3.05, 3.63) is 28.8 Å². The van der Waals surface area contributed by atoms with Gasteiger partial charge in [0.15, 0.2) is 0 Å². The van der Waals surface area contributed by atoms with Gasteiger partial charge < -0.3 is 10.5 Å². The maximum absolute atomic E-state index is 6.23. The topological polar surface area (TPSA) is 35.2 Å². The molecular formula is C19H33NO. The van der Waals surface area contributed by atoms with Gasteiger partial charge in [-0.15, -0.1) is 0 Å². The first-order chi connectivity index (χ1) is 9.86. The lowest BCUT2D eigenvalue weighted by Crippen LogP contribution is -2.12. The Morgan fingerprint density at radius 1 is 1.10 bits per heavy atom. The molecule has 1 unspecified atom stereocenters. The zero-order chi connectivity index (χ0) is 16.0. The van der Waals surface area contributed by atoms with E-state index in [2.05, 4.69) is 53.7 Å². The van der Waals surface area contributed by atoms with Crippen molar-refractivity contribution in [2.45, 2.75) is 72.8 Å². The van der Waals surface area contributed by atoms with Crippen molar-refractivity contribution in [3.63, 3.8) is 0 Å². The zero-order valence-corrected chi connectivity index (χ0v) is 14.7. The summed E-state index contributed by atoms with van der Waals surface area (Å²) < 4.78 is 6.06. The number of aryl methyl sites for hydroxylation is 1. The van der Waals surface area contributed by atoms with Crippen LogP contribution in [-0.4, -0.2) is 6.61 Å². The van der Waals surface area contributed by atoms with E-state index >= 15 is 0 Å². The molecule has 1 aromatic carbocycles. The summed E-state index contributed by atoms with van der Waals surface area (Å²) in [7, 11) is 0. The van der Waals surface area contributed by atoms with Gasteiger partial charge in [-0.05, 0) is 60.8 Å². The minimum absolute atomic E-state index is 0.123. The average Bonchev–Trinajstić information content (AvgIpc) is 2.42. The van der Waals surface area contributed by atoms with Crippen molar-refractivity contribution >= 4 is 0 Å². The highest BCUT2D eigenvalue weighted by atomic mass is 16.5. The molecule has 0 fully saturated rings. The number of hydrogen-bond acceptors (Lipinski definition) is 2. The van der Waals surface area contributed by atoms with E-state index in [1.165, 1.54) is 23.1 Å². The fourth-order valence-corrected chi connectivity index (χ4v) is 2.59. The van der Waals surface area contributed by atoms with Gasteiger partial charge in [0.1, 0.15) is 5.75 Å². The van der Waals surface area contributed by atoms with Gasteiger partial charge >= 0.3 is 0 Å². The lowest BCUT2D eigenvalue weighted by atomic mass is 9.92. The quantitative estimate of drug-likeness (QED) is 0.656. The Morgan fingerprint density at radius 3 is 2.29 bits per heavy atom.